The molecular weight excluding hydrogens is 569 g/mol. The fraction of sp³-hybridized carbons (Fsp3) is 0. The molecular formula is C25H14N3PtS-. The van der Waals surface area contributed by atoms with E-state index >= 15 is 0 Å². The van der Waals surface area contributed by atoms with Gasteiger partial charge in [-0.05, 0) is 17.5 Å². The number of nitrogens with zero attached hydrogens (tertiary/aromatic N) is 3. The molecule has 7 rings (SSSR count). The predicted molar refractivity (Wildman–Crippen MR) is 121 cm³/mol. The molecule has 0 bridgehead atoms. The van der Waals surface area contributed by atoms with E-state index in [1.807, 2.05) is 16.1 Å². The number of para-hydroxylation sites is 2. The van der Waals surface area contributed by atoms with Crippen LogP contribution >= 0.6 is 11.3 Å². The van der Waals surface area contributed by atoms with Gasteiger partial charge in [0.1, 0.15) is 0 Å². The summed E-state index contributed by atoms with van der Waals surface area (Å²) in [4.78, 5) is 0. The zero-order valence-corrected chi connectivity index (χ0v) is 18.7. The fourth-order valence-electron chi connectivity index (χ4n) is 4.61. The van der Waals surface area contributed by atoms with E-state index in [9.17, 15) is 0 Å². The first-order valence-corrected chi connectivity index (χ1v) is 10.5. The van der Waals surface area contributed by atoms with Crippen molar-refractivity contribution in [2.24, 2.45) is 0 Å². The summed E-state index contributed by atoms with van der Waals surface area (Å²) in [6, 6.07) is 29.2. The zero-order chi connectivity index (χ0) is 18.9. The van der Waals surface area contributed by atoms with Gasteiger partial charge in [-0.15, -0.1) is 5.38 Å². The Morgan fingerprint density at radius 3 is 2.03 bits per heavy atom. The predicted octanol–water partition coefficient (Wildman–Crippen LogP) is 6.60. The normalized spacial score (nSPS) is 11.7. The summed E-state index contributed by atoms with van der Waals surface area (Å²) in [5.74, 6) is 0. The molecule has 0 saturated heterocycles. The molecule has 3 aromatic carbocycles. The van der Waals surface area contributed by atoms with Crippen molar-refractivity contribution in [3.8, 4) is 5.69 Å². The minimum absolute atomic E-state index is 0. The number of hydrogen-bond acceptors (Lipinski definition) is 2. The minimum Gasteiger partial charge on any atom is -0.306 e. The molecule has 0 aliphatic carbocycles. The standard InChI is InChI=1S/C25H14N3S.Pt/c1-2-10-19-18(9-1)24-23(15-26-28(24)22-13-14-29-25(19)22)27-20-11-5-3-7-16(20)17-8-4-6-12-21(17)27;/h1-12,14-15H;/q-1;. The van der Waals surface area contributed by atoms with Crippen molar-refractivity contribution in [3.05, 3.63) is 90.4 Å². The smallest absolute Gasteiger partial charge is 0.0937 e. The summed E-state index contributed by atoms with van der Waals surface area (Å²) in [6.45, 7) is 0. The first kappa shape index (κ1) is 17.9. The van der Waals surface area contributed by atoms with E-state index < -0.39 is 0 Å². The van der Waals surface area contributed by atoms with Crippen LogP contribution in [0.3, 0.4) is 0 Å². The SMILES string of the molecule is [Pt].[c-]1csc2c3ccccc3c3c(-n4c5ccccc5c5ccccc54)cnn3c12. The average Bonchev–Trinajstić information content (AvgIpc) is 3.49. The molecule has 0 radical (unpaired) electrons. The third-order valence-electron chi connectivity index (χ3n) is 5.80. The first-order valence-electron chi connectivity index (χ1n) is 9.58. The number of hydrogen-bond donors (Lipinski definition) is 0. The molecule has 0 saturated carbocycles. The van der Waals surface area contributed by atoms with Crippen molar-refractivity contribution in [3.63, 3.8) is 0 Å². The van der Waals surface area contributed by atoms with Crippen LogP contribution in [-0.4, -0.2) is 14.2 Å². The second kappa shape index (κ2) is 6.53. The van der Waals surface area contributed by atoms with E-state index in [1.165, 1.54) is 37.3 Å². The van der Waals surface area contributed by atoms with Crippen LogP contribution in [0.5, 0.6) is 0 Å². The number of thiophene rings is 1. The Morgan fingerprint density at radius 2 is 1.33 bits per heavy atom. The third kappa shape index (κ3) is 2.21. The van der Waals surface area contributed by atoms with Crippen molar-refractivity contribution in [1.29, 1.82) is 0 Å². The maximum absolute atomic E-state index is 4.81. The fourth-order valence-corrected chi connectivity index (χ4v) is 5.46. The van der Waals surface area contributed by atoms with Gasteiger partial charge in [0.25, 0.3) is 0 Å². The molecule has 0 aliphatic rings. The average molecular weight is 584 g/mol. The molecule has 0 unspecified atom stereocenters. The van der Waals surface area contributed by atoms with Crippen molar-refractivity contribution in [2.45, 2.75) is 0 Å². The minimum atomic E-state index is 0. The van der Waals surface area contributed by atoms with Gasteiger partial charge in [0.15, 0.2) is 0 Å². The van der Waals surface area contributed by atoms with Crippen LogP contribution in [0, 0.1) is 6.07 Å². The van der Waals surface area contributed by atoms with E-state index in [0.717, 1.165) is 16.7 Å². The van der Waals surface area contributed by atoms with Gasteiger partial charge in [-0.25, -0.2) is 6.07 Å². The Kier molecular flexibility index (Phi) is 3.89. The largest absolute Gasteiger partial charge is 0.306 e. The van der Waals surface area contributed by atoms with Crippen LogP contribution in [-0.2, 0) is 21.1 Å². The number of pyridine rings is 1. The van der Waals surface area contributed by atoms with Gasteiger partial charge in [-0.1, -0.05) is 76.3 Å². The molecule has 0 aliphatic heterocycles. The van der Waals surface area contributed by atoms with Crippen LogP contribution in [0.1, 0.15) is 0 Å². The van der Waals surface area contributed by atoms with Crippen LogP contribution in [0.15, 0.2) is 84.4 Å². The zero-order valence-electron chi connectivity index (χ0n) is 15.6. The van der Waals surface area contributed by atoms with Crippen molar-refractivity contribution in [2.75, 3.05) is 0 Å². The molecule has 0 amide bonds. The van der Waals surface area contributed by atoms with E-state index in [4.69, 9.17) is 5.10 Å². The van der Waals surface area contributed by atoms with Crippen molar-refractivity contribution in [1.82, 2.24) is 14.2 Å². The third-order valence-corrected chi connectivity index (χ3v) is 6.68. The number of benzene rings is 3. The van der Waals surface area contributed by atoms with E-state index in [1.54, 1.807) is 11.3 Å². The molecule has 5 heteroatoms. The Morgan fingerprint density at radius 1 is 0.733 bits per heavy atom. The summed E-state index contributed by atoms with van der Waals surface area (Å²) in [5.41, 5.74) is 5.65. The molecule has 30 heavy (non-hydrogen) atoms. The van der Waals surface area contributed by atoms with E-state index in [0.29, 0.717) is 0 Å². The molecule has 3 nitrogen and oxygen atoms in total. The van der Waals surface area contributed by atoms with Crippen molar-refractivity contribution < 1.29 is 21.1 Å². The van der Waals surface area contributed by atoms with Gasteiger partial charge in [-0.3, -0.25) is 15.9 Å². The number of rotatable bonds is 1. The molecule has 146 valence electrons. The monoisotopic (exact) mass is 583 g/mol. The molecule has 4 heterocycles. The second-order valence-corrected chi connectivity index (χ2v) is 8.14. The number of fused-ring (bicyclic) bond motifs is 9. The van der Waals surface area contributed by atoms with Gasteiger partial charge in [-0.2, -0.15) is 5.10 Å². The van der Waals surface area contributed by atoms with E-state index in [-0.39, 0.29) is 21.1 Å². The molecule has 0 spiro atoms. The van der Waals surface area contributed by atoms with Gasteiger partial charge in [0, 0.05) is 31.8 Å². The van der Waals surface area contributed by atoms with Gasteiger partial charge >= 0.3 is 0 Å². The Labute approximate surface area is 190 Å². The van der Waals surface area contributed by atoms with Gasteiger partial charge in [0.05, 0.1) is 28.4 Å². The summed E-state index contributed by atoms with van der Waals surface area (Å²) in [6.07, 6.45) is 1.99. The number of aromatic nitrogens is 3. The second-order valence-electron chi connectivity index (χ2n) is 7.26. The summed E-state index contributed by atoms with van der Waals surface area (Å²) in [7, 11) is 0. The van der Waals surface area contributed by atoms with Gasteiger partial charge < -0.3 is 4.57 Å². The summed E-state index contributed by atoms with van der Waals surface area (Å²) >= 11 is 1.72. The maximum atomic E-state index is 4.81. The molecule has 0 atom stereocenters. The maximum Gasteiger partial charge on any atom is 0.0937 e. The summed E-state index contributed by atoms with van der Waals surface area (Å²) in [5, 5.41) is 11.8. The first-order chi connectivity index (χ1) is 14.4. The van der Waals surface area contributed by atoms with E-state index in [2.05, 4.69) is 83.4 Å². The topological polar surface area (TPSA) is 22.2 Å². The Balaban J connectivity index is 0.00000175. The molecule has 7 aromatic rings. The summed E-state index contributed by atoms with van der Waals surface area (Å²) < 4.78 is 5.62. The Bertz CT molecular complexity index is 1670. The van der Waals surface area contributed by atoms with Crippen molar-refractivity contribution >= 4 is 59.6 Å². The van der Waals surface area contributed by atoms with Crippen LogP contribution < -0.4 is 0 Å². The quantitative estimate of drug-likeness (QED) is 0.200. The van der Waals surface area contributed by atoms with Crippen LogP contribution in [0.2, 0.25) is 0 Å². The molecule has 4 aromatic heterocycles. The molecule has 0 N–H and O–H groups in total. The Hall–Kier alpha value is -2.94. The van der Waals surface area contributed by atoms with Crippen LogP contribution in [0.25, 0.3) is 54.0 Å². The van der Waals surface area contributed by atoms with Gasteiger partial charge in [0.2, 0.25) is 0 Å². The molecule has 0 fully saturated rings. The van der Waals surface area contributed by atoms with Crippen LogP contribution in [0.4, 0.5) is 0 Å².